The maximum Gasteiger partial charge on any atom is 0.123 e. The molecule has 0 spiro atoms. The zero-order valence-electron chi connectivity index (χ0n) is 7.33. The summed E-state index contributed by atoms with van der Waals surface area (Å²) in [5.41, 5.74) is 7.84. The van der Waals surface area contributed by atoms with Gasteiger partial charge in [0.05, 0.1) is 12.0 Å². The van der Waals surface area contributed by atoms with E-state index in [0.717, 1.165) is 25.0 Å². The maximum absolute atomic E-state index is 8.78. The van der Waals surface area contributed by atoms with Gasteiger partial charge in [0.25, 0.3) is 0 Å². The fourth-order valence-electron chi connectivity index (χ4n) is 1.73. The van der Waals surface area contributed by atoms with Gasteiger partial charge in [-0.2, -0.15) is 5.26 Å². The second kappa shape index (κ2) is 3.06. The molecule has 0 amide bonds. The van der Waals surface area contributed by atoms with Crippen molar-refractivity contribution >= 4 is 5.82 Å². The molecule has 0 saturated carbocycles. The van der Waals surface area contributed by atoms with E-state index in [1.807, 2.05) is 12.1 Å². The van der Waals surface area contributed by atoms with Crippen molar-refractivity contribution in [2.45, 2.75) is 19.3 Å². The number of fused-ring (bicyclic) bond motifs is 1. The molecule has 3 nitrogen and oxygen atoms in total. The van der Waals surface area contributed by atoms with Gasteiger partial charge in [-0.15, -0.1) is 0 Å². The smallest absolute Gasteiger partial charge is 0.123 e. The number of nitrogen functional groups attached to an aromatic ring is 1. The third kappa shape index (κ3) is 1.48. The van der Waals surface area contributed by atoms with Crippen molar-refractivity contribution in [3.05, 3.63) is 23.4 Å². The lowest BCUT2D eigenvalue weighted by molar-refractivity contribution is 0.553. The van der Waals surface area contributed by atoms with Crippen molar-refractivity contribution in [3.63, 3.8) is 0 Å². The molecule has 1 heterocycles. The predicted octanol–water partition coefficient (Wildman–Crippen LogP) is 1.29. The zero-order chi connectivity index (χ0) is 9.26. The number of nitrogens with zero attached hydrogens (tertiary/aromatic N) is 2. The van der Waals surface area contributed by atoms with Crippen LogP contribution in [0.15, 0.2) is 12.1 Å². The molecule has 0 aliphatic heterocycles. The first kappa shape index (κ1) is 8.06. The highest BCUT2D eigenvalue weighted by molar-refractivity contribution is 5.36. The van der Waals surface area contributed by atoms with Crippen molar-refractivity contribution in [2.24, 2.45) is 5.92 Å². The van der Waals surface area contributed by atoms with Gasteiger partial charge >= 0.3 is 0 Å². The molecule has 0 aromatic carbocycles. The first-order chi connectivity index (χ1) is 6.29. The van der Waals surface area contributed by atoms with E-state index < -0.39 is 0 Å². The fourth-order valence-corrected chi connectivity index (χ4v) is 1.73. The van der Waals surface area contributed by atoms with Crippen molar-refractivity contribution in [3.8, 4) is 6.07 Å². The van der Waals surface area contributed by atoms with Crippen LogP contribution in [0.5, 0.6) is 0 Å². The van der Waals surface area contributed by atoms with Crippen molar-refractivity contribution in [1.82, 2.24) is 4.98 Å². The Balaban J connectivity index is 2.34. The molecule has 2 N–H and O–H groups in total. The molecule has 13 heavy (non-hydrogen) atoms. The lowest BCUT2D eigenvalue weighted by Gasteiger charge is -2.18. The second-order valence-electron chi connectivity index (χ2n) is 3.41. The van der Waals surface area contributed by atoms with Crippen LogP contribution in [0.3, 0.4) is 0 Å². The Kier molecular flexibility index (Phi) is 1.90. The number of pyridine rings is 1. The van der Waals surface area contributed by atoms with Crippen LogP contribution in [0.2, 0.25) is 0 Å². The summed E-state index contributed by atoms with van der Waals surface area (Å²) in [6, 6.07) is 6.13. The Bertz CT molecular complexity index is 365. The minimum atomic E-state index is 0.127. The van der Waals surface area contributed by atoms with E-state index in [9.17, 15) is 0 Å². The van der Waals surface area contributed by atoms with Crippen LogP contribution in [-0.4, -0.2) is 4.98 Å². The van der Waals surface area contributed by atoms with Crippen LogP contribution in [0, 0.1) is 17.2 Å². The summed E-state index contributed by atoms with van der Waals surface area (Å²) in [5.74, 6) is 0.680. The monoisotopic (exact) mass is 173 g/mol. The molecule has 0 fully saturated rings. The molecule has 1 aromatic heterocycles. The number of aromatic nitrogens is 1. The van der Waals surface area contributed by atoms with E-state index >= 15 is 0 Å². The average Bonchev–Trinajstić information content (AvgIpc) is 2.16. The number of nitriles is 1. The van der Waals surface area contributed by atoms with Gasteiger partial charge < -0.3 is 5.73 Å². The van der Waals surface area contributed by atoms with E-state index in [1.165, 1.54) is 5.56 Å². The Hall–Kier alpha value is -1.56. The van der Waals surface area contributed by atoms with Gasteiger partial charge in [0, 0.05) is 12.1 Å². The van der Waals surface area contributed by atoms with Crippen LogP contribution in [-0.2, 0) is 12.8 Å². The van der Waals surface area contributed by atoms with Gasteiger partial charge in [-0.3, -0.25) is 0 Å². The largest absolute Gasteiger partial charge is 0.384 e. The normalized spacial score (nSPS) is 20.4. The molecule has 66 valence electrons. The highest BCUT2D eigenvalue weighted by Crippen LogP contribution is 2.24. The molecule has 0 bridgehead atoms. The van der Waals surface area contributed by atoms with Gasteiger partial charge in [-0.1, -0.05) is 6.07 Å². The summed E-state index contributed by atoms with van der Waals surface area (Å²) >= 11 is 0. The molecular weight excluding hydrogens is 162 g/mol. The molecule has 0 saturated heterocycles. The first-order valence-electron chi connectivity index (χ1n) is 4.43. The van der Waals surface area contributed by atoms with Crippen molar-refractivity contribution in [1.29, 1.82) is 5.26 Å². The third-order valence-electron chi connectivity index (χ3n) is 2.47. The summed E-state index contributed by atoms with van der Waals surface area (Å²) in [5, 5.41) is 8.78. The molecule has 1 unspecified atom stereocenters. The molecule has 1 aromatic rings. The minimum Gasteiger partial charge on any atom is -0.384 e. The number of aryl methyl sites for hydroxylation is 1. The Morgan fingerprint density at radius 1 is 1.54 bits per heavy atom. The second-order valence-corrected chi connectivity index (χ2v) is 3.41. The molecule has 1 aliphatic carbocycles. The van der Waals surface area contributed by atoms with Crippen LogP contribution >= 0.6 is 0 Å². The van der Waals surface area contributed by atoms with Gasteiger partial charge in [0.15, 0.2) is 0 Å². The zero-order valence-corrected chi connectivity index (χ0v) is 7.33. The highest BCUT2D eigenvalue weighted by Gasteiger charge is 2.18. The standard InChI is InChI=1S/C10H11N3/c11-6-7-1-2-8-3-4-10(12)13-9(8)5-7/h3-4,7H,1-2,5H2,(H2,12,13). The fraction of sp³-hybridized carbons (Fsp3) is 0.400. The van der Waals surface area contributed by atoms with Gasteiger partial charge in [0.1, 0.15) is 5.82 Å². The van der Waals surface area contributed by atoms with Crippen LogP contribution in [0.4, 0.5) is 5.82 Å². The first-order valence-corrected chi connectivity index (χ1v) is 4.43. The predicted molar refractivity (Wildman–Crippen MR) is 49.8 cm³/mol. The highest BCUT2D eigenvalue weighted by atomic mass is 14.8. The van der Waals surface area contributed by atoms with Crippen LogP contribution in [0.25, 0.3) is 0 Å². The van der Waals surface area contributed by atoms with Gasteiger partial charge in [-0.25, -0.2) is 4.98 Å². The van der Waals surface area contributed by atoms with E-state index in [4.69, 9.17) is 11.0 Å². The molecule has 3 heteroatoms. The van der Waals surface area contributed by atoms with E-state index in [0.29, 0.717) is 5.82 Å². The maximum atomic E-state index is 8.78. The van der Waals surface area contributed by atoms with Crippen molar-refractivity contribution < 1.29 is 0 Å². The number of hydrogen-bond donors (Lipinski definition) is 1. The third-order valence-corrected chi connectivity index (χ3v) is 2.47. The van der Waals surface area contributed by atoms with E-state index in [1.54, 1.807) is 0 Å². The topological polar surface area (TPSA) is 62.7 Å². The molecular formula is C10H11N3. The summed E-state index contributed by atoms with van der Waals surface area (Å²) < 4.78 is 0. The minimum absolute atomic E-state index is 0.127. The molecule has 1 atom stereocenters. The number of nitrogens with two attached hydrogens (primary N) is 1. The quantitative estimate of drug-likeness (QED) is 0.643. The van der Waals surface area contributed by atoms with Gasteiger partial charge in [-0.05, 0) is 24.5 Å². The Labute approximate surface area is 77.2 Å². The SMILES string of the molecule is N#CC1CCc2ccc(N)nc2C1. The summed E-state index contributed by atoms with van der Waals surface area (Å²) in [6.07, 6.45) is 2.67. The molecule has 1 aliphatic rings. The summed E-state index contributed by atoms with van der Waals surface area (Å²) in [6.45, 7) is 0. The Morgan fingerprint density at radius 3 is 3.15 bits per heavy atom. The number of hydrogen-bond acceptors (Lipinski definition) is 3. The van der Waals surface area contributed by atoms with Gasteiger partial charge in [0.2, 0.25) is 0 Å². The van der Waals surface area contributed by atoms with Crippen LogP contribution in [0.1, 0.15) is 17.7 Å². The average molecular weight is 173 g/mol. The summed E-state index contributed by atoms with van der Waals surface area (Å²) in [4.78, 5) is 4.24. The Morgan fingerprint density at radius 2 is 2.38 bits per heavy atom. The van der Waals surface area contributed by atoms with E-state index in [2.05, 4.69) is 11.1 Å². The van der Waals surface area contributed by atoms with Crippen LogP contribution < -0.4 is 5.73 Å². The number of rotatable bonds is 0. The summed E-state index contributed by atoms with van der Waals surface area (Å²) in [7, 11) is 0. The number of anilines is 1. The van der Waals surface area contributed by atoms with E-state index in [-0.39, 0.29) is 5.92 Å². The lowest BCUT2D eigenvalue weighted by atomic mass is 9.88. The molecule has 2 rings (SSSR count). The lowest BCUT2D eigenvalue weighted by Crippen LogP contribution is -2.14. The molecule has 0 radical (unpaired) electrons. The van der Waals surface area contributed by atoms with Crippen molar-refractivity contribution in [2.75, 3.05) is 5.73 Å².